The maximum absolute atomic E-state index is 12.8. The van der Waals surface area contributed by atoms with Gasteiger partial charge in [-0.05, 0) is 37.0 Å². The first-order chi connectivity index (χ1) is 30.6. The summed E-state index contributed by atoms with van der Waals surface area (Å²) in [7, 11) is 0. The topological polar surface area (TPSA) is 78.9 Å². The zero-order valence-corrected chi connectivity index (χ0v) is 43.4. The van der Waals surface area contributed by atoms with E-state index >= 15 is 0 Å². The van der Waals surface area contributed by atoms with Crippen LogP contribution in [0.1, 0.15) is 311 Å². The van der Waals surface area contributed by atoms with Gasteiger partial charge >= 0.3 is 17.9 Å². The van der Waals surface area contributed by atoms with Crippen molar-refractivity contribution in [3.05, 3.63) is 0 Å². The van der Waals surface area contributed by atoms with Gasteiger partial charge in [-0.3, -0.25) is 14.4 Å². The average Bonchev–Trinajstić information content (AvgIpc) is 3.25. The molecule has 0 amide bonds. The number of carbonyl (C=O) groups excluding carboxylic acids is 3. The number of hydrogen-bond donors (Lipinski definition) is 0. The Morgan fingerprint density at radius 2 is 0.556 bits per heavy atom. The Hall–Kier alpha value is -1.59. The maximum atomic E-state index is 12.8. The molecule has 0 radical (unpaired) electrons. The summed E-state index contributed by atoms with van der Waals surface area (Å²) in [6.07, 6.45) is 49.6. The number of rotatable bonds is 50. The summed E-state index contributed by atoms with van der Waals surface area (Å²) in [6.45, 7) is 13.7. The lowest BCUT2D eigenvalue weighted by Gasteiger charge is -2.18. The van der Waals surface area contributed by atoms with Gasteiger partial charge in [0.05, 0.1) is 0 Å². The van der Waals surface area contributed by atoms with Crippen LogP contribution >= 0.6 is 0 Å². The molecule has 2 atom stereocenters. The molecule has 0 rings (SSSR count). The fourth-order valence-electron chi connectivity index (χ4n) is 8.61. The van der Waals surface area contributed by atoms with Crippen molar-refractivity contribution in [2.45, 2.75) is 317 Å². The van der Waals surface area contributed by atoms with Crippen molar-refractivity contribution in [3.63, 3.8) is 0 Å². The van der Waals surface area contributed by atoms with Crippen LogP contribution in [-0.2, 0) is 28.6 Å². The summed E-state index contributed by atoms with van der Waals surface area (Å²) in [5, 5.41) is 0. The van der Waals surface area contributed by atoms with Crippen molar-refractivity contribution in [1.29, 1.82) is 0 Å². The standard InChI is InChI=1S/C57H110O6/c1-7-53(6)45-39-33-26-22-18-14-11-12-16-20-24-28-35-41-47-56(59)62-50-54(63-57(60)48-42-36-30-29-32-38-44-52(4)5)49-61-55(58)46-40-34-27-23-19-15-10-8-9-13-17-21-25-31-37-43-51(2)3/h51-54H,7-50H2,1-6H3/t53?,54-/m0/s1. The first-order valence-electron chi connectivity index (χ1n) is 28.1. The number of carbonyl (C=O) groups is 3. The zero-order chi connectivity index (χ0) is 46.3. The van der Waals surface area contributed by atoms with Gasteiger partial charge in [0.2, 0.25) is 0 Å². The molecule has 63 heavy (non-hydrogen) atoms. The zero-order valence-electron chi connectivity index (χ0n) is 43.4. The van der Waals surface area contributed by atoms with Crippen molar-refractivity contribution in [2.24, 2.45) is 17.8 Å². The van der Waals surface area contributed by atoms with Crippen molar-refractivity contribution in [1.82, 2.24) is 0 Å². The largest absolute Gasteiger partial charge is 0.462 e. The minimum Gasteiger partial charge on any atom is -0.462 e. The molecule has 0 aliphatic carbocycles. The summed E-state index contributed by atoms with van der Waals surface area (Å²) in [5.41, 5.74) is 0. The quantitative estimate of drug-likeness (QED) is 0.0344. The summed E-state index contributed by atoms with van der Waals surface area (Å²) in [5.74, 6) is 1.65. The molecule has 1 unspecified atom stereocenters. The fraction of sp³-hybridized carbons (Fsp3) is 0.947. The highest BCUT2D eigenvalue weighted by Gasteiger charge is 2.19. The van der Waals surface area contributed by atoms with Gasteiger partial charge in [0.15, 0.2) is 6.10 Å². The molecule has 0 bridgehead atoms. The van der Waals surface area contributed by atoms with E-state index in [1.807, 2.05) is 0 Å². The van der Waals surface area contributed by atoms with Crippen LogP contribution in [-0.4, -0.2) is 37.2 Å². The molecule has 6 heteroatoms. The van der Waals surface area contributed by atoms with Crippen LogP contribution in [0.5, 0.6) is 0 Å². The molecule has 374 valence electrons. The van der Waals surface area contributed by atoms with E-state index < -0.39 is 6.10 Å². The normalized spacial score (nSPS) is 12.6. The highest BCUT2D eigenvalue weighted by molar-refractivity contribution is 5.71. The van der Waals surface area contributed by atoms with E-state index in [0.29, 0.717) is 19.3 Å². The third kappa shape index (κ3) is 49.7. The Morgan fingerprint density at radius 3 is 0.825 bits per heavy atom. The number of esters is 3. The van der Waals surface area contributed by atoms with Crippen LogP contribution in [0.25, 0.3) is 0 Å². The second kappa shape index (κ2) is 48.3. The Bertz CT molecular complexity index is 978. The molecule has 0 saturated heterocycles. The molecule has 0 aliphatic heterocycles. The molecular weight excluding hydrogens is 781 g/mol. The Balaban J connectivity index is 4.20. The molecule has 0 spiro atoms. The molecule has 0 heterocycles. The van der Waals surface area contributed by atoms with E-state index in [1.54, 1.807) is 0 Å². The summed E-state index contributed by atoms with van der Waals surface area (Å²) >= 11 is 0. The molecule has 6 nitrogen and oxygen atoms in total. The first-order valence-corrected chi connectivity index (χ1v) is 28.1. The molecule has 0 saturated carbocycles. The predicted molar refractivity (Wildman–Crippen MR) is 270 cm³/mol. The van der Waals surface area contributed by atoms with Gasteiger partial charge in [0.1, 0.15) is 13.2 Å². The van der Waals surface area contributed by atoms with E-state index in [-0.39, 0.29) is 31.1 Å². The summed E-state index contributed by atoms with van der Waals surface area (Å²) < 4.78 is 16.8. The van der Waals surface area contributed by atoms with Crippen molar-refractivity contribution in [3.8, 4) is 0 Å². The van der Waals surface area contributed by atoms with Gasteiger partial charge in [-0.1, -0.05) is 273 Å². The average molecular weight is 892 g/mol. The van der Waals surface area contributed by atoms with Crippen LogP contribution in [0, 0.1) is 17.8 Å². The van der Waals surface area contributed by atoms with Crippen LogP contribution in [0.2, 0.25) is 0 Å². The van der Waals surface area contributed by atoms with Gasteiger partial charge in [0.25, 0.3) is 0 Å². The molecule has 0 N–H and O–H groups in total. The molecule has 0 aromatic rings. The van der Waals surface area contributed by atoms with E-state index in [9.17, 15) is 14.4 Å². The molecule has 0 aliphatic rings. The third-order valence-corrected chi connectivity index (χ3v) is 13.3. The molecule has 0 aromatic carbocycles. The number of unbranched alkanes of at least 4 members (excludes halogenated alkanes) is 32. The van der Waals surface area contributed by atoms with Gasteiger partial charge in [0, 0.05) is 19.3 Å². The Kier molecular flexibility index (Phi) is 47.1. The maximum Gasteiger partial charge on any atom is 0.306 e. The molecule has 0 fully saturated rings. The van der Waals surface area contributed by atoms with Crippen molar-refractivity contribution >= 4 is 17.9 Å². The first kappa shape index (κ1) is 61.4. The minimum atomic E-state index is -0.763. The highest BCUT2D eigenvalue weighted by Crippen LogP contribution is 2.19. The second-order valence-electron chi connectivity index (χ2n) is 20.8. The second-order valence-corrected chi connectivity index (χ2v) is 20.8. The fourth-order valence-corrected chi connectivity index (χ4v) is 8.61. The molecular formula is C57H110O6. The lowest BCUT2D eigenvalue weighted by molar-refractivity contribution is -0.167. The van der Waals surface area contributed by atoms with Crippen LogP contribution in [0.15, 0.2) is 0 Å². The smallest absolute Gasteiger partial charge is 0.306 e. The van der Waals surface area contributed by atoms with Gasteiger partial charge in [-0.2, -0.15) is 0 Å². The minimum absolute atomic E-state index is 0.0650. The van der Waals surface area contributed by atoms with E-state index in [2.05, 4.69) is 41.5 Å². The van der Waals surface area contributed by atoms with Gasteiger partial charge in [-0.25, -0.2) is 0 Å². The SMILES string of the molecule is CCC(C)CCCCCCCCCCCCCCCCC(=O)OC[C@H](COC(=O)CCCCCCCCCCCCCCCCCC(C)C)OC(=O)CCCCCCCCC(C)C. The number of ether oxygens (including phenoxy) is 3. The summed E-state index contributed by atoms with van der Waals surface area (Å²) in [6, 6.07) is 0. The van der Waals surface area contributed by atoms with Gasteiger partial charge in [-0.15, -0.1) is 0 Å². The van der Waals surface area contributed by atoms with E-state index in [0.717, 1.165) is 75.5 Å². The molecule has 0 aromatic heterocycles. The van der Waals surface area contributed by atoms with E-state index in [1.165, 1.54) is 193 Å². The number of hydrogen-bond acceptors (Lipinski definition) is 6. The van der Waals surface area contributed by atoms with Crippen LogP contribution in [0.4, 0.5) is 0 Å². The Morgan fingerprint density at radius 1 is 0.317 bits per heavy atom. The Labute approximate surface area is 393 Å². The monoisotopic (exact) mass is 891 g/mol. The van der Waals surface area contributed by atoms with Crippen LogP contribution in [0.3, 0.4) is 0 Å². The van der Waals surface area contributed by atoms with Crippen molar-refractivity contribution < 1.29 is 28.6 Å². The summed E-state index contributed by atoms with van der Waals surface area (Å²) in [4.78, 5) is 38.0. The van der Waals surface area contributed by atoms with E-state index in [4.69, 9.17) is 14.2 Å². The highest BCUT2D eigenvalue weighted by atomic mass is 16.6. The predicted octanol–water partition coefficient (Wildman–Crippen LogP) is 18.3. The lowest BCUT2D eigenvalue weighted by atomic mass is 9.99. The van der Waals surface area contributed by atoms with Crippen LogP contribution < -0.4 is 0 Å². The third-order valence-electron chi connectivity index (χ3n) is 13.3. The lowest BCUT2D eigenvalue weighted by Crippen LogP contribution is -2.30. The van der Waals surface area contributed by atoms with Crippen molar-refractivity contribution in [2.75, 3.05) is 13.2 Å². The van der Waals surface area contributed by atoms with Gasteiger partial charge < -0.3 is 14.2 Å².